The zero-order chi connectivity index (χ0) is 14.6. The molecule has 1 heterocycles. The van der Waals surface area contributed by atoms with E-state index in [0.29, 0.717) is 19.0 Å². The maximum Gasteiger partial charge on any atom is 0.218 e. The van der Waals surface area contributed by atoms with Crippen LogP contribution in [0.4, 0.5) is 0 Å². The van der Waals surface area contributed by atoms with Crippen LogP contribution >= 0.6 is 0 Å². The largest absolute Gasteiger partial charge is 0.312 e. The first-order valence-corrected chi connectivity index (χ1v) is 8.85. The molecule has 20 heavy (non-hydrogen) atoms. The van der Waals surface area contributed by atoms with Crippen molar-refractivity contribution in [2.45, 2.75) is 32.1 Å². The van der Waals surface area contributed by atoms with Gasteiger partial charge in [-0.15, -0.1) is 0 Å². The van der Waals surface area contributed by atoms with Crippen molar-refractivity contribution >= 4 is 10.0 Å². The van der Waals surface area contributed by atoms with E-state index in [1.807, 2.05) is 30.3 Å². The molecule has 1 N–H and O–H groups in total. The predicted molar refractivity (Wildman–Crippen MR) is 81.9 cm³/mol. The van der Waals surface area contributed by atoms with Gasteiger partial charge in [0, 0.05) is 19.1 Å². The average Bonchev–Trinajstić information content (AvgIpc) is 2.65. The molecule has 0 amide bonds. The van der Waals surface area contributed by atoms with Gasteiger partial charge in [-0.1, -0.05) is 44.2 Å². The van der Waals surface area contributed by atoms with Crippen molar-refractivity contribution in [1.29, 1.82) is 0 Å². The highest BCUT2D eigenvalue weighted by molar-refractivity contribution is 7.88. The highest BCUT2D eigenvalue weighted by atomic mass is 32.2. The highest BCUT2D eigenvalue weighted by Crippen LogP contribution is 2.16. The Morgan fingerprint density at radius 3 is 2.65 bits per heavy atom. The van der Waals surface area contributed by atoms with E-state index in [1.165, 1.54) is 0 Å². The zero-order valence-electron chi connectivity index (χ0n) is 12.2. The van der Waals surface area contributed by atoms with Gasteiger partial charge < -0.3 is 5.32 Å². The van der Waals surface area contributed by atoms with Crippen LogP contribution in [0.2, 0.25) is 0 Å². The Morgan fingerprint density at radius 2 is 2.00 bits per heavy atom. The lowest BCUT2D eigenvalue weighted by atomic mass is 10.1. The molecule has 112 valence electrons. The molecule has 1 aromatic carbocycles. The number of benzene rings is 1. The molecule has 0 saturated carbocycles. The van der Waals surface area contributed by atoms with Crippen molar-refractivity contribution < 1.29 is 8.42 Å². The standard InChI is InChI=1S/C15H24N2O2S/c1-13(2)15-11-17(10-6-9-16-15)20(18,19)12-14-7-4-3-5-8-14/h3-5,7-8,13,15-16H,6,9-12H2,1-2H3. The van der Waals surface area contributed by atoms with Crippen LogP contribution in [0, 0.1) is 5.92 Å². The zero-order valence-corrected chi connectivity index (χ0v) is 13.1. The predicted octanol–water partition coefficient (Wildman–Crippen LogP) is 1.84. The smallest absolute Gasteiger partial charge is 0.218 e. The minimum atomic E-state index is -3.23. The maximum atomic E-state index is 12.6. The fourth-order valence-corrected chi connectivity index (χ4v) is 4.08. The van der Waals surface area contributed by atoms with Crippen LogP contribution in [0.5, 0.6) is 0 Å². The van der Waals surface area contributed by atoms with Crippen molar-refractivity contribution in [1.82, 2.24) is 9.62 Å². The van der Waals surface area contributed by atoms with Crippen molar-refractivity contribution in [2.75, 3.05) is 19.6 Å². The van der Waals surface area contributed by atoms with Crippen molar-refractivity contribution in [3.63, 3.8) is 0 Å². The molecule has 0 spiro atoms. The minimum Gasteiger partial charge on any atom is -0.312 e. The second-order valence-electron chi connectivity index (χ2n) is 5.76. The number of hydrogen-bond acceptors (Lipinski definition) is 3. The lowest BCUT2D eigenvalue weighted by Gasteiger charge is -2.26. The molecule has 5 heteroatoms. The summed E-state index contributed by atoms with van der Waals surface area (Å²) in [5.41, 5.74) is 0.853. The summed E-state index contributed by atoms with van der Waals surface area (Å²) in [6.45, 7) is 6.34. The maximum absolute atomic E-state index is 12.6. The summed E-state index contributed by atoms with van der Waals surface area (Å²) < 4.78 is 26.8. The third kappa shape index (κ3) is 4.04. The monoisotopic (exact) mass is 296 g/mol. The quantitative estimate of drug-likeness (QED) is 0.922. The Bertz CT molecular complexity index is 514. The van der Waals surface area contributed by atoms with Crippen molar-refractivity contribution in [3.8, 4) is 0 Å². The molecule has 1 atom stereocenters. The molecule has 0 aromatic heterocycles. The molecule has 4 nitrogen and oxygen atoms in total. The first-order chi connectivity index (χ1) is 9.49. The van der Waals surface area contributed by atoms with Gasteiger partial charge in [0.1, 0.15) is 0 Å². The van der Waals surface area contributed by atoms with Crippen LogP contribution in [-0.2, 0) is 15.8 Å². The van der Waals surface area contributed by atoms with Gasteiger partial charge in [-0.25, -0.2) is 12.7 Å². The molecule has 1 aromatic rings. The van der Waals surface area contributed by atoms with Gasteiger partial charge in [0.25, 0.3) is 0 Å². The summed E-state index contributed by atoms with van der Waals surface area (Å²) in [5, 5.41) is 3.44. The van der Waals surface area contributed by atoms with Gasteiger partial charge in [0.15, 0.2) is 0 Å². The van der Waals surface area contributed by atoms with Crippen LogP contribution < -0.4 is 5.32 Å². The van der Waals surface area contributed by atoms with E-state index in [9.17, 15) is 8.42 Å². The second kappa shape index (κ2) is 6.70. The molecule has 0 bridgehead atoms. The summed E-state index contributed by atoms with van der Waals surface area (Å²) >= 11 is 0. The van der Waals surface area contributed by atoms with Crippen LogP contribution in [0.3, 0.4) is 0 Å². The molecule has 0 aliphatic carbocycles. The fourth-order valence-electron chi connectivity index (χ4n) is 2.49. The SMILES string of the molecule is CC(C)C1CN(S(=O)(=O)Cc2ccccc2)CCCN1. The third-order valence-corrected chi connectivity index (χ3v) is 5.60. The summed E-state index contributed by atoms with van der Waals surface area (Å²) in [6, 6.07) is 9.64. The third-order valence-electron chi connectivity index (χ3n) is 3.78. The number of nitrogens with one attached hydrogen (secondary N) is 1. The minimum absolute atomic E-state index is 0.0959. The summed E-state index contributed by atoms with van der Waals surface area (Å²) in [4.78, 5) is 0. The van der Waals surface area contributed by atoms with Crippen molar-refractivity contribution in [3.05, 3.63) is 35.9 Å². The van der Waals surface area contributed by atoms with Gasteiger partial charge in [0.05, 0.1) is 5.75 Å². The van der Waals surface area contributed by atoms with E-state index in [2.05, 4.69) is 19.2 Å². The Hall–Kier alpha value is -0.910. The van der Waals surface area contributed by atoms with Crippen LogP contribution in [0.25, 0.3) is 0 Å². The fraction of sp³-hybridized carbons (Fsp3) is 0.600. The van der Waals surface area contributed by atoms with Gasteiger partial charge >= 0.3 is 0 Å². The van der Waals surface area contributed by atoms with Crippen molar-refractivity contribution in [2.24, 2.45) is 5.92 Å². The molecular weight excluding hydrogens is 272 g/mol. The molecule has 0 radical (unpaired) electrons. The molecule has 1 saturated heterocycles. The molecule has 1 aliphatic rings. The summed E-state index contributed by atoms with van der Waals surface area (Å²) in [5.74, 6) is 0.529. The molecule has 2 rings (SSSR count). The van der Waals surface area contributed by atoms with Gasteiger partial charge in [-0.05, 0) is 24.4 Å². The van der Waals surface area contributed by atoms with E-state index in [0.717, 1.165) is 18.5 Å². The number of nitrogens with zero attached hydrogens (tertiary/aromatic N) is 1. The number of hydrogen-bond donors (Lipinski definition) is 1. The lowest BCUT2D eigenvalue weighted by molar-refractivity contribution is 0.342. The summed E-state index contributed by atoms with van der Waals surface area (Å²) in [6.07, 6.45) is 0.872. The normalized spacial score (nSPS) is 21.9. The summed E-state index contributed by atoms with van der Waals surface area (Å²) in [7, 11) is -3.23. The second-order valence-corrected chi connectivity index (χ2v) is 7.73. The van der Waals surface area contributed by atoms with Gasteiger partial charge in [0.2, 0.25) is 10.0 Å². The van der Waals surface area contributed by atoms with E-state index >= 15 is 0 Å². The molecule has 1 fully saturated rings. The Balaban J connectivity index is 2.11. The van der Waals surface area contributed by atoms with E-state index in [1.54, 1.807) is 4.31 Å². The van der Waals surface area contributed by atoms with Crippen LogP contribution in [-0.4, -0.2) is 38.4 Å². The number of rotatable bonds is 4. The van der Waals surface area contributed by atoms with Gasteiger partial charge in [-0.2, -0.15) is 0 Å². The van der Waals surface area contributed by atoms with E-state index in [-0.39, 0.29) is 11.8 Å². The van der Waals surface area contributed by atoms with Gasteiger partial charge in [-0.3, -0.25) is 0 Å². The van der Waals surface area contributed by atoms with Crippen LogP contribution in [0.1, 0.15) is 25.8 Å². The molecule has 1 unspecified atom stereocenters. The van der Waals surface area contributed by atoms with E-state index < -0.39 is 10.0 Å². The van der Waals surface area contributed by atoms with Crippen LogP contribution in [0.15, 0.2) is 30.3 Å². The Labute approximate surface area is 122 Å². The lowest BCUT2D eigenvalue weighted by Crippen LogP contribution is -2.43. The first kappa shape index (κ1) is 15.5. The Morgan fingerprint density at radius 1 is 1.30 bits per heavy atom. The average molecular weight is 296 g/mol. The highest BCUT2D eigenvalue weighted by Gasteiger charge is 2.28. The molecular formula is C15H24N2O2S. The first-order valence-electron chi connectivity index (χ1n) is 7.24. The Kier molecular flexibility index (Phi) is 5.18. The topological polar surface area (TPSA) is 49.4 Å². The number of sulfonamides is 1. The van der Waals surface area contributed by atoms with E-state index in [4.69, 9.17) is 0 Å². The molecule has 1 aliphatic heterocycles.